The van der Waals surface area contributed by atoms with E-state index in [2.05, 4.69) is 4.98 Å². The maximum Gasteiger partial charge on any atom is 0.0867 e. The summed E-state index contributed by atoms with van der Waals surface area (Å²) in [6, 6.07) is 7.28. The van der Waals surface area contributed by atoms with Crippen molar-refractivity contribution in [2.45, 2.75) is 12.6 Å². The molecule has 0 bridgehead atoms. The van der Waals surface area contributed by atoms with Crippen molar-refractivity contribution in [3.05, 3.63) is 41.0 Å². The Bertz CT molecular complexity index is 487. The summed E-state index contributed by atoms with van der Waals surface area (Å²) in [7, 11) is 0. The minimum atomic E-state index is -0.345. The van der Waals surface area contributed by atoms with Gasteiger partial charge in [-0.3, -0.25) is 0 Å². The van der Waals surface area contributed by atoms with E-state index in [4.69, 9.17) is 15.9 Å². The molecule has 0 saturated carbocycles. The summed E-state index contributed by atoms with van der Waals surface area (Å²) < 4.78 is 0. The van der Waals surface area contributed by atoms with Crippen LogP contribution in [0.4, 0.5) is 0 Å². The smallest absolute Gasteiger partial charge is 0.0867 e. The van der Waals surface area contributed by atoms with Gasteiger partial charge in [0.05, 0.1) is 35.3 Å². The minimum Gasteiger partial charge on any atom is -0.394 e. The Balaban J connectivity index is 0.00000162. The summed E-state index contributed by atoms with van der Waals surface area (Å²) in [5, 5.41) is 18.1. The third-order valence-corrected chi connectivity index (χ3v) is 3.51. The third-order valence-electron chi connectivity index (χ3n) is 2.59. The van der Waals surface area contributed by atoms with Crippen molar-refractivity contribution in [2.75, 3.05) is 6.61 Å². The second-order valence-electron chi connectivity index (χ2n) is 3.70. The van der Waals surface area contributed by atoms with Crippen molar-refractivity contribution in [3.8, 4) is 10.4 Å². The lowest BCUT2D eigenvalue weighted by molar-refractivity contribution is 0.268. The molecule has 1 aromatic carbocycles. The molecular weight excluding hydrogens is 272 g/mol. The Morgan fingerprint density at radius 1 is 1.22 bits per heavy atom. The van der Waals surface area contributed by atoms with Gasteiger partial charge in [-0.1, -0.05) is 24.3 Å². The first-order valence-electron chi connectivity index (χ1n) is 5.26. The van der Waals surface area contributed by atoms with Crippen LogP contribution >= 0.6 is 23.7 Å². The van der Waals surface area contributed by atoms with Gasteiger partial charge in [0.25, 0.3) is 0 Å². The van der Waals surface area contributed by atoms with Crippen molar-refractivity contribution >= 4 is 23.7 Å². The second-order valence-corrected chi connectivity index (χ2v) is 4.55. The molecule has 0 aliphatic carbocycles. The zero-order valence-electron chi connectivity index (χ0n) is 9.61. The van der Waals surface area contributed by atoms with Gasteiger partial charge in [0.2, 0.25) is 0 Å². The molecule has 18 heavy (non-hydrogen) atoms. The predicted octanol–water partition coefficient (Wildman–Crippen LogP) is 1.72. The van der Waals surface area contributed by atoms with Gasteiger partial charge in [0.15, 0.2) is 0 Å². The zero-order chi connectivity index (χ0) is 12.3. The average molecular weight is 287 g/mol. The number of thiazole rings is 1. The topological polar surface area (TPSA) is 79.4 Å². The van der Waals surface area contributed by atoms with Gasteiger partial charge in [0.1, 0.15) is 0 Å². The summed E-state index contributed by atoms with van der Waals surface area (Å²) in [4.78, 5) is 5.06. The molecule has 0 unspecified atom stereocenters. The molecule has 98 valence electrons. The molecule has 4 nitrogen and oxygen atoms in total. The lowest BCUT2D eigenvalue weighted by Gasteiger charge is -2.09. The highest BCUT2D eigenvalue weighted by Crippen LogP contribution is 2.28. The number of nitrogens with two attached hydrogens (primary N) is 1. The van der Waals surface area contributed by atoms with Crippen LogP contribution in [0.15, 0.2) is 29.8 Å². The summed E-state index contributed by atoms with van der Waals surface area (Å²) in [5.74, 6) is 0. The van der Waals surface area contributed by atoms with Crippen LogP contribution in [0.5, 0.6) is 0 Å². The van der Waals surface area contributed by atoms with Gasteiger partial charge in [-0.25, -0.2) is 4.98 Å². The molecule has 1 atom stereocenters. The molecule has 0 fully saturated rings. The standard InChI is InChI=1S/C12H14N2O2S.ClH/c13-10(5-15)8-1-3-9(4-2-8)12-11(6-16)14-7-17-12;/h1-4,7,10,15-16H,5-6,13H2;1H/t10-;/m0./s1. The lowest BCUT2D eigenvalue weighted by atomic mass is 10.0. The summed E-state index contributed by atoms with van der Waals surface area (Å²) in [6.07, 6.45) is 0. The number of hydrogen-bond donors (Lipinski definition) is 3. The van der Waals surface area contributed by atoms with E-state index in [1.165, 1.54) is 11.3 Å². The van der Waals surface area contributed by atoms with Gasteiger partial charge >= 0.3 is 0 Å². The summed E-state index contributed by atoms with van der Waals surface area (Å²) in [6.45, 7) is -0.126. The average Bonchev–Trinajstić information content (AvgIpc) is 2.86. The molecule has 0 saturated heterocycles. The Labute approximate surface area is 116 Å². The van der Waals surface area contributed by atoms with Crippen LogP contribution in [-0.2, 0) is 6.61 Å². The van der Waals surface area contributed by atoms with Gasteiger partial charge in [-0.2, -0.15) is 0 Å². The van der Waals surface area contributed by atoms with Crippen molar-refractivity contribution in [2.24, 2.45) is 5.73 Å². The molecule has 0 amide bonds. The minimum absolute atomic E-state index is 0. The van der Waals surface area contributed by atoms with Crippen molar-refractivity contribution in [1.82, 2.24) is 4.98 Å². The fourth-order valence-corrected chi connectivity index (χ4v) is 2.41. The number of rotatable bonds is 4. The number of hydrogen-bond acceptors (Lipinski definition) is 5. The maximum atomic E-state index is 9.14. The quantitative estimate of drug-likeness (QED) is 0.799. The monoisotopic (exact) mass is 286 g/mol. The van der Waals surface area contributed by atoms with E-state index in [-0.39, 0.29) is 31.7 Å². The number of aromatic nitrogens is 1. The highest BCUT2D eigenvalue weighted by molar-refractivity contribution is 7.13. The van der Waals surface area contributed by atoms with Gasteiger partial charge in [-0.05, 0) is 11.1 Å². The lowest BCUT2D eigenvalue weighted by Crippen LogP contribution is -2.14. The number of halogens is 1. The molecule has 0 radical (unpaired) electrons. The van der Waals surface area contributed by atoms with E-state index in [9.17, 15) is 0 Å². The molecule has 6 heteroatoms. The molecule has 1 aromatic heterocycles. The number of aliphatic hydroxyl groups excluding tert-OH is 2. The Kier molecular flexibility index (Phi) is 5.71. The normalized spacial score (nSPS) is 11.9. The first-order valence-corrected chi connectivity index (χ1v) is 6.14. The molecular formula is C12H15ClN2O2S. The van der Waals surface area contributed by atoms with E-state index in [0.717, 1.165) is 16.0 Å². The molecule has 2 aromatic rings. The van der Waals surface area contributed by atoms with Crippen LogP contribution in [0.3, 0.4) is 0 Å². The van der Waals surface area contributed by atoms with Crippen LogP contribution in [0.25, 0.3) is 10.4 Å². The molecule has 0 aliphatic heterocycles. The van der Waals surface area contributed by atoms with E-state index < -0.39 is 0 Å². The van der Waals surface area contributed by atoms with E-state index >= 15 is 0 Å². The summed E-state index contributed by atoms with van der Waals surface area (Å²) >= 11 is 1.50. The number of nitrogens with zero attached hydrogens (tertiary/aromatic N) is 1. The van der Waals surface area contributed by atoms with Gasteiger partial charge in [-0.15, -0.1) is 23.7 Å². The van der Waals surface area contributed by atoms with Gasteiger partial charge < -0.3 is 15.9 Å². The number of aliphatic hydroxyl groups is 2. The van der Waals surface area contributed by atoms with Crippen molar-refractivity contribution in [3.63, 3.8) is 0 Å². The van der Waals surface area contributed by atoms with Crippen LogP contribution < -0.4 is 5.73 Å². The Morgan fingerprint density at radius 2 is 1.89 bits per heavy atom. The fraction of sp³-hybridized carbons (Fsp3) is 0.250. The molecule has 2 rings (SSSR count). The highest BCUT2D eigenvalue weighted by atomic mass is 35.5. The second kappa shape index (κ2) is 6.82. The molecule has 1 heterocycles. The van der Waals surface area contributed by atoms with Crippen LogP contribution in [0.1, 0.15) is 17.3 Å². The molecule has 0 aliphatic rings. The van der Waals surface area contributed by atoms with Crippen molar-refractivity contribution < 1.29 is 10.2 Å². The van der Waals surface area contributed by atoms with Crippen LogP contribution in [-0.4, -0.2) is 21.8 Å². The van der Waals surface area contributed by atoms with Crippen molar-refractivity contribution in [1.29, 1.82) is 0 Å². The SMILES string of the molecule is Cl.N[C@@H](CO)c1ccc(-c2scnc2CO)cc1. The van der Waals surface area contributed by atoms with Crippen LogP contribution in [0, 0.1) is 0 Å². The van der Waals surface area contributed by atoms with E-state index in [1.807, 2.05) is 24.3 Å². The van der Waals surface area contributed by atoms with E-state index in [1.54, 1.807) is 5.51 Å². The first kappa shape index (κ1) is 15.1. The third kappa shape index (κ3) is 3.07. The fourth-order valence-electron chi connectivity index (χ4n) is 1.60. The Morgan fingerprint density at radius 3 is 2.44 bits per heavy atom. The highest BCUT2D eigenvalue weighted by Gasteiger charge is 2.09. The maximum absolute atomic E-state index is 9.14. The molecule has 0 spiro atoms. The Hall–Kier alpha value is -0.980. The van der Waals surface area contributed by atoms with Gasteiger partial charge in [0, 0.05) is 0 Å². The zero-order valence-corrected chi connectivity index (χ0v) is 11.2. The first-order chi connectivity index (χ1) is 8.26. The van der Waals surface area contributed by atoms with Crippen LogP contribution in [0.2, 0.25) is 0 Å². The largest absolute Gasteiger partial charge is 0.394 e. The predicted molar refractivity (Wildman–Crippen MR) is 74.7 cm³/mol. The number of benzene rings is 1. The summed E-state index contributed by atoms with van der Waals surface area (Å²) in [5.41, 5.74) is 10.0. The molecule has 4 N–H and O–H groups in total. The van der Waals surface area contributed by atoms with E-state index in [0.29, 0.717) is 5.69 Å².